The summed E-state index contributed by atoms with van der Waals surface area (Å²) < 4.78 is 5.08. The second-order valence-electron chi connectivity index (χ2n) is 6.06. The van der Waals surface area contributed by atoms with Crippen LogP contribution in [-0.2, 0) is 11.2 Å². The number of aromatic hydroxyl groups is 1. The number of phenolic OH excluding ortho intramolecular Hbond substituents is 1. The summed E-state index contributed by atoms with van der Waals surface area (Å²) in [6, 6.07) is 19.4. The zero-order valence-corrected chi connectivity index (χ0v) is 13.7. The van der Waals surface area contributed by atoms with E-state index in [0.717, 1.165) is 10.8 Å². The maximum atomic E-state index is 12.4. The molecule has 0 spiro atoms. The van der Waals surface area contributed by atoms with Crippen molar-refractivity contribution in [3.8, 4) is 5.75 Å². The number of benzene rings is 3. The molecule has 0 radical (unpaired) electrons. The molecular weight excluding hydrogens is 330 g/mol. The summed E-state index contributed by atoms with van der Waals surface area (Å²) in [5.74, 6) is -0.237. The Morgan fingerprint density at radius 2 is 1.77 bits per heavy atom. The minimum atomic E-state index is -0.559. The molecule has 1 amide bonds. The van der Waals surface area contributed by atoms with Gasteiger partial charge in [-0.1, -0.05) is 30.3 Å². The molecule has 0 bridgehead atoms. The maximum absolute atomic E-state index is 12.4. The van der Waals surface area contributed by atoms with Gasteiger partial charge in [-0.25, -0.2) is 4.79 Å². The predicted octanol–water partition coefficient (Wildman–Crippen LogP) is 3.83. The van der Waals surface area contributed by atoms with Gasteiger partial charge >= 0.3 is 5.63 Å². The summed E-state index contributed by atoms with van der Waals surface area (Å²) in [5, 5.41) is 15.1. The van der Waals surface area contributed by atoms with Crippen molar-refractivity contribution in [2.75, 3.05) is 5.32 Å². The SMILES string of the molecule is O=C(Cc1cc(=O)oc2cc(O)ccc12)Nc1ccc2ccccc2c1. The fraction of sp³-hybridized carbons (Fsp3) is 0.0476. The van der Waals surface area contributed by atoms with Crippen LogP contribution in [0.1, 0.15) is 5.56 Å². The van der Waals surface area contributed by atoms with Crippen molar-refractivity contribution in [2.45, 2.75) is 6.42 Å². The van der Waals surface area contributed by atoms with Crippen LogP contribution in [0.5, 0.6) is 5.75 Å². The van der Waals surface area contributed by atoms with Crippen molar-refractivity contribution in [3.05, 3.63) is 82.7 Å². The fourth-order valence-electron chi connectivity index (χ4n) is 3.01. The highest BCUT2D eigenvalue weighted by Gasteiger charge is 2.11. The number of hydrogen-bond donors (Lipinski definition) is 2. The molecule has 0 saturated heterocycles. The average molecular weight is 345 g/mol. The number of hydrogen-bond acceptors (Lipinski definition) is 4. The molecule has 0 aliphatic carbocycles. The zero-order chi connectivity index (χ0) is 18.1. The topological polar surface area (TPSA) is 79.5 Å². The Morgan fingerprint density at radius 3 is 2.62 bits per heavy atom. The highest BCUT2D eigenvalue weighted by Crippen LogP contribution is 2.23. The van der Waals surface area contributed by atoms with Gasteiger partial charge < -0.3 is 14.8 Å². The number of phenols is 1. The number of amides is 1. The van der Waals surface area contributed by atoms with E-state index in [9.17, 15) is 14.7 Å². The van der Waals surface area contributed by atoms with Crippen LogP contribution in [0, 0.1) is 0 Å². The molecule has 1 aromatic heterocycles. The van der Waals surface area contributed by atoms with E-state index >= 15 is 0 Å². The van der Waals surface area contributed by atoms with Crippen molar-refractivity contribution in [1.29, 1.82) is 0 Å². The maximum Gasteiger partial charge on any atom is 0.336 e. The van der Waals surface area contributed by atoms with Gasteiger partial charge in [-0.3, -0.25) is 4.79 Å². The van der Waals surface area contributed by atoms with Gasteiger partial charge in [0.1, 0.15) is 11.3 Å². The lowest BCUT2D eigenvalue weighted by Crippen LogP contribution is -2.15. The molecule has 0 saturated carbocycles. The summed E-state index contributed by atoms with van der Waals surface area (Å²) in [6.07, 6.45) is 0.0275. The molecule has 0 unspecified atom stereocenters. The lowest BCUT2D eigenvalue weighted by Gasteiger charge is -2.08. The molecular formula is C21H15NO4. The largest absolute Gasteiger partial charge is 0.508 e. The molecule has 0 aliphatic rings. The van der Waals surface area contributed by atoms with E-state index in [4.69, 9.17) is 4.42 Å². The first kappa shape index (κ1) is 15.9. The predicted molar refractivity (Wildman–Crippen MR) is 100 cm³/mol. The average Bonchev–Trinajstić information content (AvgIpc) is 2.61. The molecule has 1 heterocycles. The molecule has 0 aliphatic heterocycles. The van der Waals surface area contributed by atoms with E-state index in [0.29, 0.717) is 16.6 Å². The van der Waals surface area contributed by atoms with Crippen LogP contribution < -0.4 is 10.9 Å². The van der Waals surface area contributed by atoms with Gasteiger partial charge in [-0.15, -0.1) is 0 Å². The number of nitrogens with one attached hydrogen (secondary N) is 1. The smallest absolute Gasteiger partial charge is 0.336 e. The Hall–Kier alpha value is -3.60. The van der Waals surface area contributed by atoms with E-state index in [1.54, 1.807) is 6.07 Å². The molecule has 0 fully saturated rings. The normalized spacial score (nSPS) is 10.9. The van der Waals surface area contributed by atoms with Gasteiger partial charge in [0, 0.05) is 23.2 Å². The first-order valence-corrected chi connectivity index (χ1v) is 8.13. The quantitative estimate of drug-likeness (QED) is 0.553. The van der Waals surface area contributed by atoms with Gasteiger partial charge in [0.05, 0.1) is 6.42 Å². The molecule has 4 rings (SSSR count). The third kappa shape index (κ3) is 3.15. The van der Waals surface area contributed by atoms with Crippen LogP contribution in [0.15, 0.2) is 75.9 Å². The Labute approximate surface area is 148 Å². The third-order valence-corrected chi connectivity index (χ3v) is 4.20. The van der Waals surface area contributed by atoms with E-state index in [1.807, 2.05) is 42.5 Å². The van der Waals surface area contributed by atoms with Crippen LogP contribution in [0.2, 0.25) is 0 Å². The standard InChI is InChI=1S/C21H15NO4/c23-17-7-8-18-15(11-21(25)26-19(18)12-17)10-20(24)22-16-6-5-13-3-1-2-4-14(13)9-16/h1-9,11-12,23H,10H2,(H,22,24). The summed E-state index contributed by atoms with van der Waals surface area (Å²) in [4.78, 5) is 24.2. The number of fused-ring (bicyclic) bond motifs is 2. The van der Waals surface area contributed by atoms with Crippen molar-refractivity contribution in [3.63, 3.8) is 0 Å². The van der Waals surface area contributed by atoms with E-state index in [2.05, 4.69) is 5.32 Å². The van der Waals surface area contributed by atoms with Crippen molar-refractivity contribution >= 4 is 33.3 Å². The second-order valence-corrected chi connectivity index (χ2v) is 6.06. The molecule has 4 aromatic rings. The molecule has 128 valence electrons. The lowest BCUT2D eigenvalue weighted by atomic mass is 10.1. The highest BCUT2D eigenvalue weighted by atomic mass is 16.4. The molecule has 0 atom stereocenters. The molecule has 5 heteroatoms. The summed E-state index contributed by atoms with van der Waals surface area (Å²) >= 11 is 0. The number of carbonyl (C=O) groups excluding carboxylic acids is 1. The zero-order valence-electron chi connectivity index (χ0n) is 13.7. The van der Waals surface area contributed by atoms with Crippen LogP contribution in [-0.4, -0.2) is 11.0 Å². The molecule has 5 nitrogen and oxygen atoms in total. The minimum absolute atomic E-state index is 0.00147. The molecule has 2 N–H and O–H groups in total. The number of anilines is 1. The number of rotatable bonds is 3. The van der Waals surface area contributed by atoms with Crippen molar-refractivity contribution in [2.24, 2.45) is 0 Å². The van der Waals surface area contributed by atoms with Gasteiger partial charge in [-0.2, -0.15) is 0 Å². The van der Waals surface area contributed by atoms with Crippen LogP contribution in [0.25, 0.3) is 21.7 Å². The molecule has 26 heavy (non-hydrogen) atoms. The first-order valence-electron chi connectivity index (χ1n) is 8.13. The van der Waals surface area contributed by atoms with Crippen molar-refractivity contribution < 1.29 is 14.3 Å². The second kappa shape index (κ2) is 6.37. The molecule has 3 aromatic carbocycles. The minimum Gasteiger partial charge on any atom is -0.508 e. The third-order valence-electron chi connectivity index (χ3n) is 4.20. The Kier molecular flexibility index (Phi) is 3.89. The summed E-state index contributed by atoms with van der Waals surface area (Å²) in [6.45, 7) is 0. The number of carbonyl (C=O) groups is 1. The Bertz CT molecular complexity index is 1190. The van der Waals surface area contributed by atoms with E-state index in [-0.39, 0.29) is 23.7 Å². The van der Waals surface area contributed by atoms with Crippen LogP contribution in [0.3, 0.4) is 0 Å². The van der Waals surface area contributed by atoms with Crippen LogP contribution >= 0.6 is 0 Å². The van der Waals surface area contributed by atoms with Gasteiger partial charge in [0.25, 0.3) is 0 Å². The highest BCUT2D eigenvalue weighted by molar-refractivity contribution is 5.97. The van der Waals surface area contributed by atoms with Crippen LogP contribution in [0.4, 0.5) is 5.69 Å². The van der Waals surface area contributed by atoms with Gasteiger partial charge in [0.15, 0.2) is 0 Å². The monoisotopic (exact) mass is 345 g/mol. The first-order chi connectivity index (χ1) is 12.6. The summed E-state index contributed by atoms with van der Waals surface area (Å²) in [7, 11) is 0. The van der Waals surface area contributed by atoms with Crippen molar-refractivity contribution in [1.82, 2.24) is 0 Å². The van der Waals surface area contributed by atoms with Gasteiger partial charge in [0.2, 0.25) is 5.91 Å². The Balaban J connectivity index is 1.61. The Morgan fingerprint density at radius 1 is 0.962 bits per heavy atom. The lowest BCUT2D eigenvalue weighted by molar-refractivity contribution is -0.115. The fourth-order valence-corrected chi connectivity index (χ4v) is 3.01. The summed E-state index contributed by atoms with van der Waals surface area (Å²) in [5.41, 5.74) is 0.941. The van der Waals surface area contributed by atoms with E-state index < -0.39 is 5.63 Å². The van der Waals surface area contributed by atoms with E-state index in [1.165, 1.54) is 18.2 Å². The van der Waals surface area contributed by atoms with Gasteiger partial charge in [-0.05, 0) is 40.6 Å².